The molecule has 0 saturated carbocycles. The summed E-state index contributed by atoms with van der Waals surface area (Å²) in [5, 5.41) is 11.8. The van der Waals surface area contributed by atoms with Crippen molar-refractivity contribution in [1.29, 1.82) is 5.26 Å². The molecule has 1 atom stereocenters. The van der Waals surface area contributed by atoms with E-state index in [1.165, 1.54) is 0 Å². The van der Waals surface area contributed by atoms with Crippen molar-refractivity contribution in [3.05, 3.63) is 77.2 Å². The van der Waals surface area contributed by atoms with Gasteiger partial charge in [0.25, 0.3) is 0 Å². The molecule has 5 nitrogen and oxygen atoms in total. The molecule has 0 saturated heterocycles. The van der Waals surface area contributed by atoms with Crippen molar-refractivity contribution in [3.8, 4) is 23.3 Å². The number of hydrogen-bond donors (Lipinski definition) is 1. The van der Waals surface area contributed by atoms with Gasteiger partial charge in [-0.3, -0.25) is 0 Å². The summed E-state index contributed by atoms with van der Waals surface area (Å²) < 4.78 is 16.9. The maximum absolute atomic E-state index is 9.78. The zero-order valence-corrected chi connectivity index (χ0v) is 15.0. The lowest BCUT2D eigenvalue weighted by Gasteiger charge is -2.28. The van der Waals surface area contributed by atoms with Crippen LogP contribution in [0.1, 0.15) is 17.0 Å². The number of methoxy groups -OCH3 is 2. The van der Waals surface area contributed by atoms with Crippen molar-refractivity contribution in [2.75, 3.05) is 14.2 Å². The van der Waals surface area contributed by atoms with Crippen molar-refractivity contribution in [1.82, 2.24) is 0 Å². The van der Waals surface area contributed by atoms with Gasteiger partial charge in [-0.05, 0) is 11.5 Å². The smallest absolute Gasteiger partial charge is 0.205 e. The Morgan fingerprint density at radius 2 is 1.78 bits per heavy atom. The molecule has 134 valence electrons. The first-order valence-corrected chi connectivity index (χ1v) is 8.49. The molecule has 1 aliphatic rings. The van der Waals surface area contributed by atoms with Crippen molar-refractivity contribution in [3.63, 3.8) is 0 Å². The summed E-state index contributed by atoms with van der Waals surface area (Å²) in [5.41, 5.74) is 8.17. The topological polar surface area (TPSA) is 77.5 Å². The average Bonchev–Trinajstić information content (AvgIpc) is 2.72. The Morgan fingerprint density at radius 3 is 2.52 bits per heavy atom. The summed E-state index contributed by atoms with van der Waals surface area (Å²) in [7, 11) is 3.17. The highest BCUT2D eigenvalue weighted by Gasteiger charge is 2.34. The van der Waals surface area contributed by atoms with Crippen LogP contribution in [-0.2, 0) is 0 Å². The maximum atomic E-state index is 9.78. The van der Waals surface area contributed by atoms with Gasteiger partial charge in [-0.15, -0.1) is 0 Å². The van der Waals surface area contributed by atoms with Crippen LogP contribution in [0, 0.1) is 11.3 Å². The first kappa shape index (κ1) is 16.8. The van der Waals surface area contributed by atoms with Crippen LogP contribution in [0.3, 0.4) is 0 Å². The van der Waals surface area contributed by atoms with E-state index in [-0.39, 0.29) is 5.88 Å². The van der Waals surface area contributed by atoms with E-state index in [0.717, 1.165) is 21.9 Å². The fourth-order valence-corrected chi connectivity index (χ4v) is 3.65. The molecule has 4 rings (SSSR count). The molecule has 27 heavy (non-hydrogen) atoms. The number of nitrogens with zero attached hydrogens (tertiary/aromatic N) is 1. The number of nitriles is 1. The molecule has 0 bridgehead atoms. The molecule has 0 aromatic heterocycles. The molecule has 1 aliphatic heterocycles. The Balaban J connectivity index is 2.04. The summed E-state index contributed by atoms with van der Waals surface area (Å²) >= 11 is 0. The summed E-state index contributed by atoms with van der Waals surface area (Å²) in [4.78, 5) is 0. The average molecular weight is 358 g/mol. The van der Waals surface area contributed by atoms with Crippen LogP contribution in [0.5, 0.6) is 17.2 Å². The van der Waals surface area contributed by atoms with Crippen molar-refractivity contribution in [2.45, 2.75) is 5.92 Å². The summed E-state index contributed by atoms with van der Waals surface area (Å²) in [6.07, 6.45) is 0. The summed E-state index contributed by atoms with van der Waals surface area (Å²) in [5.74, 6) is 1.54. The van der Waals surface area contributed by atoms with Gasteiger partial charge in [0.2, 0.25) is 5.88 Å². The predicted molar refractivity (Wildman–Crippen MR) is 103 cm³/mol. The molecule has 0 unspecified atom stereocenters. The Bertz CT molecular complexity index is 1110. The molecule has 3 aromatic carbocycles. The minimum atomic E-state index is -0.409. The van der Waals surface area contributed by atoms with Crippen LogP contribution in [0.4, 0.5) is 0 Å². The fourth-order valence-electron chi connectivity index (χ4n) is 3.65. The summed E-state index contributed by atoms with van der Waals surface area (Å²) in [6.45, 7) is 0. The second kappa shape index (κ2) is 6.58. The van der Waals surface area contributed by atoms with Gasteiger partial charge in [-0.25, -0.2) is 0 Å². The third-order valence-electron chi connectivity index (χ3n) is 4.85. The fraction of sp³-hybridized carbons (Fsp3) is 0.136. The number of para-hydroxylation sites is 1. The number of hydrogen-bond acceptors (Lipinski definition) is 5. The van der Waals surface area contributed by atoms with Gasteiger partial charge >= 0.3 is 0 Å². The zero-order valence-electron chi connectivity index (χ0n) is 15.0. The van der Waals surface area contributed by atoms with E-state index in [2.05, 4.69) is 6.07 Å². The van der Waals surface area contributed by atoms with Crippen LogP contribution in [0.15, 0.2) is 66.1 Å². The molecule has 3 aromatic rings. The lowest BCUT2D eigenvalue weighted by Crippen LogP contribution is -2.21. The molecule has 0 aliphatic carbocycles. The maximum Gasteiger partial charge on any atom is 0.205 e. The van der Waals surface area contributed by atoms with E-state index in [1.807, 2.05) is 54.6 Å². The first-order chi connectivity index (χ1) is 13.2. The quantitative estimate of drug-likeness (QED) is 0.763. The van der Waals surface area contributed by atoms with Crippen LogP contribution in [0.2, 0.25) is 0 Å². The van der Waals surface area contributed by atoms with Gasteiger partial charge in [-0.2, -0.15) is 5.26 Å². The van der Waals surface area contributed by atoms with Crippen molar-refractivity contribution < 1.29 is 14.2 Å². The first-order valence-electron chi connectivity index (χ1n) is 8.49. The number of benzene rings is 3. The van der Waals surface area contributed by atoms with Crippen LogP contribution in [0.25, 0.3) is 10.8 Å². The molecule has 2 N–H and O–H groups in total. The lowest BCUT2D eigenvalue weighted by atomic mass is 9.82. The number of rotatable bonds is 3. The third-order valence-corrected chi connectivity index (χ3v) is 4.85. The van der Waals surface area contributed by atoms with Crippen LogP contribution in [-0.4, -0.2) is 14.2 Å². The molecule has 0 spiro atoms. The van der Waals surface area contributed by atoms with Crippen LogP contribution < -0.4 is 19.9 Å². The predicted octanol–water partition coefficient (Wildman–Crippen LogP) is 4.08. The minimum absolute atomic E-state index is 0.108. The van der Waals surface area contributed by atoms with Gasteiger partial charge in [0.1, 0.15) is 17.4 Å². The van der Waals surface area contributed by atoms with E-state index in [4.69, 9.17) is 19.9 Å². The van der Waals surface area contributed by atoms with E-state index in [0.29, 0.717) is 22.8 Å². The molecular weight excluding hydrogens is 340 g/mol. The number of fused-ring (bicyclic) bond motifs is 3. The van der Waals surface area contributed by atoms with Gasteiger partial charge in [0, 0.05) is 16.5 Å². The largest absolute Gasteiger partial charge is 0.493 e. The zero-order chi connectivity index (χ0) is 19.0. The Hall–Kier alpha value is -3.65. The third kappa shape index (κ3) is 2.54. The number of nitrogens with two attached hydrogens (primary N) is 1. The van der Waals surface area contributed by atoms with Gasteiger partial charge < -0.3 is 19.9 Å². The second-order valence-corrected chi connectivity index (χ2v) is 6.21. The van der Waals surface area contributed by atoms with E-state index < -0.39 is 5.92 Å². The number of ether oxygens (including phenoxy) is 3. The van der Waals surface area contributed by atoms with E-state index >= 15 is 0 Å². The summed E-state index contributed by atoms with van der Waals surface area (Å²) in [6, 6.07) is 19.7. The molecule has 0 radical (unpaired) electrons. The standard InChI is InChI=1S/C22H18N2O3/c1-25-18-9-5-8-15(21(18)26-2)19-16-11-10-13-6-3-4-7-14(13)20(16)27-22(24)17(19)12-23/h3-11,19H,24H2,1-2H3/t19-/m0/s1. The highest BCUT2D eigenvalue weighted by Crippen LogP contribution is 2.49. The Kier molecular flexibility index (Phi) is 4.09. The Morgan fingerprint density at radius 1 is 0.963 bits per heavy atom. The molecule has 5 heteroatoms. The van der Waals surface area contributed by atoms with E-state index in [1.54, 1.807) is 14.2 Å². The van der Waals surface area contributed by atoms with Crippen molar-refractivity contribution in [2.24, 2.45) is 5.73 Å². The molecule has 1 heterocycles. The molecule has 0 amide bonds. The lowest BCUT2D eigenvalue weighted by molar-refractivity contribution is 0.349. The highest BCUT2D eigenvalue weighted by molar-refractivity contribution is 5.91. The van der Waals surface area contributed by atoms with Crippen LogP contribution >= 0.6 is 0 Å². The van der Waals surface area contributed by atoms with Gasteiger partial charge in [0.15, 0.2) is 11.5 Å². The monoisotopic (exact) mass is 358 g/mol. The highest BCUT2D eigenvalue weighted by atomic mass is 16.5. The molecular formula is C22H18N2O3. The second-order valence-electron chi connectivity index (χ2n) is 6.21. The van der Waals surface area contributed by atoms with Gasteiger partial charge in [0.05, 0.1) is 20.1 Å². The number of allylic oxidation sites excluding steroid dienone is 1. The Labute approximate surface area is 157 Å². The SMILES string of the molecule is COc1cccc([C@@H]2C(C#N)=C(N)Oc3c2ccc2ccccc32)c1OC. The van der Waals surface area contributed by atoms with E-state index in [9.17, 15) is 5.26 Å². The minimum Gasteiger partial charge on any atom is -0.493 e. The molecule has 0 fully saturated rings. The normalized spacial score (nSPS) is 15.7. The van der Waals surface area contributed by atoms with Gasteiger partial charge in [-0.1, -0.05) is 48.5 Å². The van der Waals surface area contributed by atoms with Crippen molar-refractivity contribution >= 4 is 10.8 Å².